The van der Waals surface area contributed by atoms with Crippen LogP contribution in [-0.4, -0.2) is 61.5 Å². The van der Waals surface area contributed by atoms with E-state index < -0.39 is 0 Å². The average Bonchev–Trinajstić information content (AvgIpc) is 3.32. The van der Waals surface area contributed by atoms with Crippen LogP contribution >= 0.6 is 0 Å². The number of piperidine rings is 1. The molecule has 0 aliphatic carbocycles. The molecule has 1 unspecified atom stereocenters. The third-order valence-electron chi connectivity index (χ3n) is 6.28. The number of aromatic nitrogens is 2. The Balaban J connectivity index is 1.33. The van der Waals surface area contributed by atoms with Gasteiger partial charge in [0.2, 0.25) is 5.89 Å². The van der Waals surface area contributed by atoms with Gasteiger partial charge in [0.05, 0.1) is 19.8 Å². The molecule has 3 heterocycles. The highest BCUT2D eigenvalue weighted by molar-refractivity contribution is 5.97. The Morgan fingerprint density at radius 2 is 2.03 bits per heavy atom. The maximum Gasteiger partial charge on any atom is 0.257 e. The summed E-state index contributed by atoms with van der Waals surface area (Å²) >= 11 is 0. The number of methoxy groups -OCH3 is 2. The summed E-state index contributed by atoms with van der Waals surface area (Å²) < 4.78 is 21.6. The third kappa shape index (κ3) is 5.18. The lowest BCUT2D eigenvalue weighted by atomic mass is 9.92. The summed E-state index contributed by atoms with van der Waals surface area (Å²) in [4.78, 5) is 19.7. The van der Waals surface area contributed by atoms with Gasteiger partial charge in [0.15, 0.2) is 5.82 Å². The zero-order chi connectivity index (χ0) is 21.6. The van der Waals surface area contributed by atoms with E-state index in [2.05, 4.69) is 10.1 Å². The standard InChI is InChI=1S/C23H31N3O5/c1-28-18-6-7-19(20(14-18)29-2)23(27)26-11-3-4-16(15-26)5-8-21-24-22(31-25-21)17-9-12-30-13-10-17/h6-7,14,16-17H,3-5,8-13,15H2,1-2H3. The molecule has 2 aliphatic rings. The number of amides is 1. The van der Waals surface area contributed by atoms with Crippen molar-refractivity contribution in [2.24, 2.45) is 5.92 Å². The molecule has 1 aromatic carbocycles. The van der Waals surface area contributed by atoms with Gasteiger partial charge in [-0.15, -0.1) is 0 Å². The van der Waals surface area contributed by atoms with Crippen LogP contribution < -0.4 is 9.47 Å². The van der Waals surface area contributed by atoms with Crippen molar-refractivity contribution >= 4 is 5.91 Å². The first kappa shape index (κ1) is 21.6. The van der Waals surface area contributed by atoms with E-state index >= 15 is 0 Å². The van der Waals surface area contributed by atoms with Gasteiger partial charge in [0, 0.05) is 44.7 Å². The molecule has 31 heavy (non-hydrogen) atoms. The summed E-state index contributed by atoms with van der Waals surface area (Å²) in [6.45, 7) is 3.01. The normalized spacial score (nSPS) is 19.9. The number of carbonyl (C=O) groups excluding carboxylic acids is 1. The Morgan fingerprint density at radius 3 is 2.81 bits per heavy atom. The van der Waals surface area contributed by atoms with Crippen LogP contribution in [0.5, 0.6) is 11.5 Å². The molecule has 0 radical (unpaired) electrons. The highest BCUT2D eigenvalue weighted by atomic mass is 16.5. The molecule has 1 atom stereocenters. The van der Waals surface area contributed by atoms with E-state index in [1.807, 2.05) is 4.90 Å². The van der Waals surface area contributed by atoms with Crippen LogP contribution in [0.25, 0.3) is 0 Å². The van der Waals surface area contributed by atoms with Gasteiger partial charge >= 0.3 is 0 Å². The quantitative estimate of drug-likeness (QED) is 0.666. The Labute approximate surface area is 182 Å². The minimum Gasteiger partial charge on any atom is -0.497 e. The summed E-state index contributed by atoms with van der Waals surface area (Å²) in [6.07, 6.45) is 5.69. The Kier molecular flexibility index (Phi) is 7.06. The number of nitrogens with zero attached hydrogens (tertiary/aromatic N) is 3. The first-order valence-electron chi connectivity index (χ1n) is 11.1. The average molecular weight is 430 g/mol. The number of rotatable bonds is 7. The van der Waals surface area contributed by atoms with E-state index in [9.17, 15) is 4.79 Å². The smallest absolute Gasteiger partial charge is 0.257 e. The minimum atomic E-state index is 0.00516. The van der Waals surface area contributed by atoms with Crippen LogP contribution in [0.3, 0.4) is 0 Å². The van der Waals surface area contributed by atoms with Crippen molar-refractivity contribution in [3.05, 3.63) is 35.5 Å². The number of carbonyl (C=O) groups is 1. The number of ether oxygens (including phenoxy) is 3. The van der Waals surface area contributed by atoms with Gasteiger partial charge in [0.25, 0.3) is 5.91 Å². The van der Waals surface area contributed by atoms with Crippen molar-refractivity contribution < 1.29 is 23.5 Å². The fourth-order valence-corrected chi connectivity index (χ4v) is 4.44. The lowest BCUT2D eigenvalue weighted by Crippen LogP contribution is -2.40. The molecular formula is C23H31N3O5. The zero-order valence-corrected chi connectivity index (χ0v) is 18.3. The summed E-state index contributed by atoms with van der Waals surface area (Å²) in [5.74, 6) is 3.46. The molecular weight excluding hydrogens is 398 g/mol. The van der Waals surface area contributed by atoms with Crippen molar-refractivity contribution in [1.29, 1.82) is 0 Å². The number of likely N-dealkylation sites (tertiary alicyclic amines) is 1. The van der Waals surface area contributed by atoms with Crippen LogP contribution in [-0.2, 0) is 11.2 Å². The fourth-order valence-electron chi connectivity index (χ4n) is 4.44. The molecule has 8 nitrogen and oxygen atoms in total. The molecule has 0 bridgehead atoms. The van der Waals surface area contributed by atoms with Gasteiger partial charge in [-0.1, -0.05) is 5.16 Å². The molecule has 2 aliphatic heterocycles. The molecule has 2 saturated heterocycles. The first-order chi connectivity index (χ1) is 15.2. The molecule has 2 fully saturated rings. The van der Waals surface area contributed by atoms with Crippen molar-refractivity contribution in [3.8, 4) is 11.5 Å². The lowest BCUT2D eigenvalue weighted by Gasteiger charge is -2.33. The van der Waals surface area contributed by atoms with Gasteiger partial charge in [-0.05, 0) is 50.2 Å². The predicted octanol–water partition coefficient (Wildman–Crippen LogP) is 3.47. The molecule has 168 valence electrons. The van der Waals surface area contributed by atoms with Crippen molar-refractivity contribution in [2.45, 2.75) is 44.4 Å². The van der Waals surface area contributed by atoms with Gasteiger partial charge in [0.1, 0.15) is 11.5 Å². The van der Waals surface area contributed by atoms with Gasteiger partial charge in [-0.3, -0.25) is 4.79 Å². The number of hydrogen-bond acceptors (Lipinski definition) is 7. The Morgan fingerprint density at radius 1 is 1.19 bits per heavy atom. The summed E-state index contributed by atoms with van der Waals surface area (Å²) in [5, 5.41) is 4.18. The lowest BCUT2D eigenvalue weighted by molar-refractivity contribution is 0.0664. The van der Waals surface area contributed by atoms with E-state index in [0.717, 1.165) is 76.5 Å². The van der Waals surface area contributed by atoms with Crippen molar-refractivity contribution in [2.75, 3.05) is 40.5 Å². The molecule has 1 aromatic heterocycles. The van der Waals surface area contributed by atoms with E-state index in [4.69, 9.17) is 18.7 Å². The molecule has 1 amide bonds. The van der Waals surface area contributed by atoms with E-state index in [1.54, 1.807) is 32.4 Å². The van der Waals surface area contributed by atoms with E-state index in [-0.39, 0.29) is 5.91 Å². The topological polar surface area (TPSA) is 86.9 Å². The van der Waals surface area contributed by atoms with Gasteiger partial charge in [-0.25, -0.2) is 0 Å². The third-order valence-corrected chi connectivity index (χ3v) is 6.28. The van der Waals surface area contributed by atoms with Crippen LogP contribution in [0.1, 0.15) is 60.1 Å². The van der Waals surface area contributed by atoms with Crippen LogP contribution in [0.2, 0.25) is 0 Å². The first-order valence-corrected chi connectivity index (χ1v) is 11.1. The number of aryl methyl sites for hydroxylation is 1. The van der Waals surface area contributed by atoms with Gasteiger partial charge in [-0.2, -0.15) is 4.98 Å². The summed E-state index contributed by atoms with van der Waals surface area (Å²) in [7, 11) is 3.17. The van der Waals surface area contributed by atoms with E-state index in [1.165, 1.54) is 0 Å². The predicted molar refractivity (Wildman–Crippen MR) is 114 cm³/mol. The Hall–Kier alpha value is -2.61. The van der Waals surface area contributed by atoms with E-state index in [0.29, 0.717) is 28.9 Å². The molecule has 2 aromatic rings. The second-order valence-electron chi connectivity index (χ2n) is 8.30. The molecule has 0 spiro atoms. The molecule has 0 saturated carbocycles. The monoisotopic (exact) mass is 429 g/mol. The summed E-state index contributed by atoms with van der Waals surface area (Å²) in [6, 6.07) is 5.32. The second kappa shape index (κ2) is 10.1. The number of benzene rings is 1. The van der Waals surface area contributed by atoms with Crippen LogP contribution in [0, 0.1) is 5.92 Å². The number of hydrogen-bond donors (Lipinski definition) is 0. The SMILES string of the molecule is COc1ccc(C(=O)N2CCCC(CCc3noc(C4CCOCC4)n3)C2)c(OC)c1. The highest BCUT2D eigenvalue weighted by Crippen LogP contribution is 2.29. The maximum absolute atomic E-state index is 13.1. The fraction of sp³-hybridized carbons (Fsp3) is 0.609. The largest absolute Gasteiger partial charge is 0.497 e. The molecule has 0 N–H and O–H groups in total. The van der Waals surface area contributed by atoms with Crippen molar-refractivity contribution in [1.82, 2.24) is 15.0 Å². The highest BCUT2D eigenvalue weighted by Gasteiger charge is 2.27. The van der Waals surface area contributed by atoms with Crippen molar-refractivity contribution in [3.63, 3.8) is 0 Å². The van der Waals surface area contributed by atoms with Crippen LogP contribution in [0.4, 0.5) is 0 Å². The molecule has 4 rings (SSSR count). The zero-order valence-electron chi connectivity index (χ0n) is 18.3. The second-order valence-corrected chi connectivity index (χ2v) is 8.30. The van der Waals surface area contributed by atoms with Gasteiger partial charge < -0.3 is 23.6 Å². The Bertz CT molecular complexity index is 878. The maximum atomic E-state index is 13.1. The van der Waals surface area contributed by atoms with Crippen LogP contribution in [0.15, 0.2) is 22.7 Å². The summed E-state index contributed by atoms with van der Waals surface area (Å²) in [5.41, 5.74) is 0.572. The minimum absolute atomic E-state index is 0.00516. The molecule has 8 heteroatoms.